The minimum atomic E-state index is -3.48. The predicted molar refractivity (Wildman–Crippen MR) is 104 cm³/mol. The topological polar surface area (TPSA) is 69.7 Å². The second-order valence-corrected chi connectivity index (χ2v) is 10.3. The largest absolute Gasteiger partial charge is 0.342 e. The molecule has 3 aliphatic heterocycles. The van der Waals surface area contributed by atoms with Gasteiger partial charge in [-0.05, 0) is 61.8 Å². The average molecular weight is 392 g/mol. The van der Waals surface area contributed by atoms with Crippen LogP contribution < -0.4 is 5.32 Å². The van der Waals surface area contributed by atoms with Gasteiger partial charge in [-0.3, -0.25) is 4.79 Å². The van der Waals surface area contributed by atoms with E-state index in [1.54, 1.807) is 16.4 Å². The summed E-state index contributed by atoms with van der Waals surface area (Å²) in [6.07, 6.45) is 1.24. The van der Waals surface area contributed by atoms with E-state index < -0.39 is 10.0 Å². The van der Waals surface area contributed by atoms with Gasteiger partial charge in [0.1, 0.15) is 0 Å². The Kier molecular flexibility index (Phi) is 5.03. The Balaban J connectivity index is 1.38. The van der Waals surface area contributed by atoms with Crippen LogP contribution in [-0.2, 0) is 14.8 Å². The lowest BCUT2D eigenvalue weighted by Gasteiger charge is -2.32. The van der Waals surface area contributed by atoms with E-state index in [9.17, 15) is 13.2 Å². The molecule has 4 rings (SSSR count). The monoisotopic (exact) mass is 391 g/mol. The van der Waals surface area contributed by atoms with Crippen molar-refractivity contribution < 1.29 is 13.2 Å². The van der Waals surface area contributed by atoms with Crippen molar-refractivity contribution in [3.8, 4) is 0 Å². The lowest BCUT2D eigenvalue weighted by atomic mass is 9.96. The minimum Gasteiger partial charge on any atom is -0.342 e. The fourth-order valence-corrected chi connectivity index (χ4v) is 6.22. The molecule has 1 N–H and O–H groups in total. The number of fused-ring (bicyclic) bond motifs is 1. The summed E-state index contributed by atoms with van der Waals surface area (Å²) in [7, 11) is -3.48. The second-order valence-electron chi connectivity index (χ2n) is 8.35. The molecule has 1 amide bonds. The first-order chi connectivity index (χ1) is 12.9. The molecule has 0 bridgehead atoms. The molecule has 0 unspecified atom stereocenters. The van der Waals surface area contributed by atoms with Gasteiger partial charge in [0, 0.05) is 45.2 Å². The molecule has 3 heterocycles. The highest BCUT2D eigenvalue weighted by Gasteiger charge is 2.41. The molecule has 0 spiro atoms. The maximum Gasteiger partial charge on any atom is 0.243 e. The van der Waals surface area contributed by atoms with Gasteiger partial charge in [0.2, 0.25) is 15.9 Å². The zero-order valence-corrected chi connectivity index (χ0v) is 17.0. The summed E-state index contributed by atoms with van der Waals surface area (Å²) in [5.74, 6) is 1.38. The Bertz CT molecular complexity index is 819. The number of nitrogens with one attached hydrogen (secondary N) is 1. The van der Waals surface area contributed by atoms with Gasteiger partial charge in [0.25, 0.3) is 0 Å². The Morgan fingerprint density at radius 1 is 1.04 bits per heavy atom. The van der Waals surface area contributed by atoms with Gasteiger partial charge in [0.15, 0.2) is 0 Å². The summed E-state index contributed by atoms with van der Waals surface area (Å²) < 4.78 is 27.4. The summed E-state index contributed by atoms with van der Waals surface area (Å²) in [4.78, 5) is 15.3. The molecule has 0 saturated carbocycles. The van der Waals surface area contributed by atoms with Crippen LogP contribution >= 0.6 is 0 Å². The molecule has 7 heteroatoms. The standard InChI is InChI=1S/C20H29N3O3S/c1-14-3-4-19(9-15(14)2)27(25,26)23-7-5-16(6-8-23)20(24)22-12-17-10-21-11-18(17)13-22/h3-4,9,16-18,21H,5-8,10-13H2,1-2H3/t17-,18+. The highest BCUT2D eigenvalue weighted by Crippen LogP contribution is 2.31. The van der Waals surface area contributed by atoms with Crippen molar-refractivity contribution in [2.45, 2.75) is 31.6 Å². The Morgan fingerprint density at radius 3 is 2.26 bits per heavy atom. The van der Waals surface area contributed by atoms with Crippen molar-refractivity contribution in [3.05, 3.63) is 29.3 Å². The normalized spacial score (nSPS) is 27.1. The lowest BCUT2D eigenvalue weighted by molar-refractivity contribution is -0.135. The number of aryl methyl sites for hydroxylation is 2. The number of piperidine rings is 1. The van der Waals surface area contributed by atoms with Crippen LogP contribution in [0.5, 0.6) is 0 Å². The maximum absolute atomic E-state index is 12.9. The van der Waals surface area contributed by atoms with Crippen molar-refractivity contribution >= 4 is 15.9 Å². The smallest absolute Gasteiger partial charge is 0.243 e. The number of hydrogen-bond donors (Lipinski definition) is 1. The first-order valence-electron chi connectivity index (χ1n) is 9.93. The van der Waals surface area contributed by atoms with Crippen molar-refractivity contribution in [1.29, 1.82) is 0 Å². The number of likely N-dealkylation sites (tertiary alicyclic amines) is 1. The van der Waals surface area contributed by atoms with Crippen molar-refractivity contribution in [1.82, 2.24) is 14.5 Å². The van der Waals surface area contributed by atoms with E-state index in [-0.39, 0.29) is 11.8 Å². The van der Waals surface area contributed by atoms with Crippen LogP contribution in [0.15, 0.2) is 23.1 Å². The number of sulfonamides is 1. The molecule has 1 aromatic rings. The summed E-state index contributed by atoms with van der Waals surface area (Å²) in [6.45, 7) is 8.50. The van der Waals surface area contributed by atoms with Crippen molar-refractivity contribution in [3.63, 3.8) is 0 Å². The second kappa shape index (κ2) is 7.18. The van der Waals surface area contributed by atoms with Crippen LogP contribution in [0.25, 0.3) is 0 Å². The van der Waals surface area contributed by atoms with E-state index in [4.69, 9.17) is 0 Å². The molecule has 148 valence electrons. The van der Waals surface area contributed by atoms with Gasteiger partial charge in [-0.2, -0.15) is 4.31 Å². The summed E-state index contributed by atoms with van der Waals surface area (Å²) in [6, 6.07) is 5.29. The molecular formula is C20H29N3O3S. The number of hydrogen-bond acceptors (Lipinski definition) is 4. The van der Waals surface area contributed by atoms with E-state index in [2.05, 4.69) is 5.32 Å². The van der Waals surface area contributed by atoms with Crippen LogP contribution in [0.4, 0.5) is 0 Å². The highest BCUT2D eigenvalue weighted by molar-refractivity contribution is 7.89. The Morgan fingerprint density at radius 2 is 1.67 bits per heavy atom. The van der Waals surface area contributed by atoms with E-state index in [0.29, 0.717) is 42.7 Å². The third-order valence-corrected chi connectivity index (χ3v) is 8.52. The van der Waals surface area contributed by atoms with Gasteiger partial charge >= 0.3 is 0 Å². The van der Waals surface area contributed by atoms with Crippen LogP contribution in [0.3, 0.4) is 0 Å². The van der Waals surface area contributed by atoms with E-state index in [0.717, 1.165) is 37.3 Å². The first kappa shape index (κ1) is 18.9. The van der Waals surface area contributed by atoms with E-state index in [1.807, 2.05) is 24.8 Å². The molecule has 3 aliphatic rings. The third-order valence-electron chi connectivity index (χ3n) is 6.62. The van der Waals surface area contributed by atoms with Crippen LogP contribution in [0.1, 0.15) is 24.0 Å². The van der Waals surface area contributed by atoms with E-state index in [1.165, 1.54) is 0 Å². The number of carbonyl (C=O) groups excluding carboxylic acids is 1. The molecule has 0 aromatic heterocycles. The number of carbonyl (C=O) groups is 1. The van der Waals surface area contributed by atoms with Gasteiger partial charge < -0.3 is 10.2 Å². The van der Waals surface area contributed by atoms with Crippen LogP contribution in [-0.4, -0.2) is 62.8 Å². The fourth-order valence-electron chi connectivity index (χ4n) is 4.66. The SMILES string of the molecule is Cc1ccc(S(=O)(=O)N2CCC(C(=O)N3C[C@H]4CNC[C@H]4C3)CC2)cc1C. The summed E-state index contributed by atoms with van der Waals surface area (Å²) >= 11 is 0. The van der Waals surface area contributed by atoms with Crippen LogP contribution in [0.2, 0.25) is 0 Å². The molecule has 6 nitrogen and oxygen atoms in total. The van der Waals surface area contributed by atoms with Crippen molar-refractivity contribution in [2.24, 2.45) is 17.8 Å². The quantitative estimate of drug-likeness (QED) is 0.845. The molecule has 2 atom stereocenters. The zero-order chi connectivity index (χ0) is 19.2. The molecule has 1 aromatic carbocycles. The van der Waals surface area contributed by atoms with Crippen molar-refractivity contribution in [2.75, 3.05) is 39.3 Å². The highest BCUT2D eigenvalue weighted by atomic mass is 32.2. The molecule has 27 heavy (non-hydrogen) atoms. The first-order valence-corrected chi connectivity index (χ1v) is 11.4. The average Bonchev–Trinajstić information content (AvgIpc) is 3.25. The van der Waals surface area contributed by atoms with E-state index >= 15 is 0 Å². The molecule has 0 radical (unpaired) electrons. The molecule has 0 aliphatic carbocycles. The molecule has 3 saturated heterocycles. The number of rotatable bonds is 3. The fraction of sp³-hybridized carbons (Fsp3) is 0.650. The third kappa shape index (κ3) is 3.52. The van der Waals surface area contributed by atoms with Gasteiger partial charge in [-0.15, -0.1) is 0 Å². The number of nitrogens with zero attached hydrogens (tertiary/aromatic N) is 2. The maximum atomic E-state index is 12.9. The summed E-state index contributed by atoms with van der Waals surface area (Å²) in [5.41, 5.74) is 2.07. The van der Waals surface area contributed by atoms with Gasteiger partial charge in [-0.25, -0.2) is 8.42 Å². The summed E-state index contributed by atoms with van der Waals surface area (Å²) in [5, 5.41) is 3.40. The lowest BCUT2D eigenvalue weighted by Crippen LogP contribution is -2.44. The number of benzene rings is 1. The Labute approximate surface area is 162 Å². The minimum absolute atomic E-state index is 0.0389. The Hall–Kier alpha value is -1.44. The van der Waals surface area contributed by atoms with Gasteiger partial charge in [0.05, 0.1) is 4.90 Å². The molecule has 3 fully saturated rings. The zero-order valence-electron chi connectivity index (χ0n) is 16.1. The van der Waals surface area contributed by atoms with Crippen LogP contribution in [0, 0.1) is 31.6 Å². The predicted octanol–water partition coefficient (Wildman–Crippen LogP) is 1.38. The van der Waals surface area contributed by atoms with Gasteiger partial charge in [-0.1, -0.05) is 6.07 Å². The number of amides is 1. The molecular weight excluding hydrogens is 362 g/mol.